The summed E-state index contributed by atoms with van der Waals surface area (Å²) in [6, 6.07) is 0.121. The van der Waals surface area contributed by atoms with E-state index in [1.54, 1.807) is 12.5 Å². The second-order valence-corrected chi connectivity index (χ2v) is 7.18. The molecule has 0 spiro atoms. The van der Waals surface area contributed by atoms with Gasteiger partial charge in [-0.05, 0) is 25.7 Å². The van der Waals surface area contributed by atoms with Crippen LogP contribution < -0.4 is 22.8 Å². The van der Waals surface area contributed by atoms with Crippen LogP contribution in [0, 0.1) is 5.92 Å². The van der Waals surface area contributed by atoms with Gasteiger partial charge in [-0.15, -0.1) is 0 Å². The zero-order chi connectivity index (χ0) is 20.0. The molecular formula is C17H22N10O. The van der Waals surface area contributed by atoms with Crippen molar-refractivity contribution in [2.75, 3.05) is 17.2 Å². The zero-order valence-electron chi connectivity index (χ0n) is 15.6. The molecule has 4 rings (SSSR count). The van der Waals surface area contributed by atoms with Crippen LogP contribution in [0.25, 0.3) is 11.2 Å². The van der Waals surface area contributed by atoms with Gasteiger partial charge in [0.15, 0.2) is 11.5 Å². The van der Waals surface area contributed by atoms with Gasteiger partial charge in [-0.1, -0.05) is 6.92 Å². The predicted octanol–water partition coefficient (Wildman–Crippen LogP) is 1.13. The number of aromatic nitrogens is 6. The lowest BCUT2D eigenvalue weighted by atomic mass is 9.88. The zero-order valence-corrected chi connectivity index (χ0v) is 15.6. The fourth-order valence-corrected chi connectivity index (χ4v) is 3.60. The Morgan fingerprint density at radius 3 is 2.75 bits per heavy atom. The van der Waals surface area contributed by atoms with Crippen LogP contribution in [0.15, 0.2) is 16.1 Å². The van der Waals surface area contributed by atoms with Crippen molar-refractivity contribution in [3.63, 3.8) is 0 Å². The van der Waals surface area contributed by atoms with E-state index < -0.39 is 0 Å². The van der Waals surface area contributed by atoms with Crippen LogP contribution in [0.2, 0.25) is 0 Å². The highest BCUT2D eigenvalue weighted by molar-refractivity contribution is 5.82. The van der Waals surface area contributed by atoms with E-state index in [1.807, 2.05) is 4.57 Å². The number of nitrogens with zero attached hydrogens (tertiary/aromatic N) is 6. The van der Waals surface area contributed by atoms with Crippen molar-refractivity contribution in [3.8, 4) is 0 Å². The van der Waals surface area contributed by atoms with Crippen molar-refractivity contribution in [1.29, 1.82) is 0 Å². The average molecular weight is 382 g/mol. The van der Waals surface area contributed by atoms with Gasteiger partial charge < -0.3 is 21.8 Å². The van der Waals surface area contributed by atoms with Crippen molar-refractivity contribution in [2.24, 2.45) is 10.9 Å². The summed E-state index contributed by atoms with van der Waals surface area (Å²) in [5.41, 5.74) is 19.2. The Labute approximate surface area is 160 Å². The molecule has 11 heteroatoms. The van der Waals surface area contributed by atoms with E-state index in [4.69, 9.17) is 17.2 Å². The third-order valence-corrected chi connectivity index (χ3v) is 5.21. The first-order valence-corrected chi connectivity index (χ1v) is 9.04. The summed E-state index contributed by atoms with van der Waals surface area (Å²) in [7, 11) is 0. The molecule has 0 bridgehead atoms. The van der Waals surface area contributed by atoms with Gasteiger partial charge in [-0.2, -0.15) is 9.97 Å². The first-order chi connectivity index (χ1) is 13.3. The highest BCUT2D eigenvalue weighted by Crippen LogP contribution is 2.36. The minimum Gasteiger partial charge on any atom is -0.382 e. The summed E-state index contributed by atoms with van der Waals surface area (Å²) in [6.07, 6.45) is 5.22. The lowest BCUT2D eigenvalue weighted by Crippen LogP contribution is -2.17. The number of H-pyrrole nitrogens is 1. The molecule has 3 aromatic rings. The fraction of sp³-hybridized carbons (Fsp3) is 0.412. The lowest BCUT2D eigenvalue weighted by Gasteiger charge is -2.20. The molecule has 3 unspecified atom stereocenters. The molecule has 4 heterocycles. The topological polar surface area (TPSA) is 180 Å². The van der Waals surface area contributed by atoms with Gasteiger partial charge in [0.25, 0.3) is 5.56 Å². The number of aliphatic imine (C=N–C) groups is 1. The minimum absolute atomic E-state index is 0.0417. The molecule has 0 aliphatic carbocycles. The molecule has 0 saturated carbocycles. The fourth-order valence-electron chi connectivity index (χ4n) is 3.60. The van der Waals surface area contributed by atoms with Crippen LogP contribution >= 0.6 is 0 Å². The molecule has 7 N–H and O–H groups in total. The van der Waals surface area contributed by atoms with Gasteiger partial charge in [0.1, 0.15) is 11.2 Å². The summed E-state index contributed by atoms with van der Waals surface area (Å²) in [4.78, 5) is 35.5. The van der Waals surface area contributed by atoms with Crippen LogP contribution in [-0.2, 0) is 0 Å². The molecule has 0 radical (unpaired) electrons. The molecule has 3 aromatic heterocycles. The second-order valence-electron chi connectivity index (χ2n) is 7.18. The monoisotopic (exact) mass is 382 g/mol. The number of nitrogens with two attached hydrogens (primary N) is 3. The first kappa shape index (κ1) is 17.9. The smallest absolute Gasteiger partial charge is 0.278 e. The summed E-state index contributed by atoms with van der Waals surface area (Å²) >= 11 is 0. The van der Waals surface area contributed by atoms with E-state index in [9.17, 15) is 4.79 Å². The minimum atomic E-state index is -0.304. The van der Waals surface area contributed by atoms with Gasteiger partial charge >= 0.3 is 0 Å². The number of fused-ring (bicyclic) bond motifs is 2. The third-order valence-electron chi connectivity index (χ3n) is 5.21. The molecule has 11 nitrogen and oxygen atoms in total. The summed E-state index contributed by atoms with van der Waals surface area (Å²) in [5.74, 6) is 0.690. The van der Waals surface area contributed by atoms with Gasteiger partial charge in [0, 0.05) is 18.2 Å². The Morgan fingerprint density at radius 2 is 1.96 bits per heavy atom. The number of nitrogens with one attached hydrogen (secondary N) is 1. The molecule has 0 amide bonds. The number of aromatic amines is 1. The third kappa shape index (κ3) is 2.94. The van der Waals surface area contributed by atoms with Gasteiger partial charge in [0.2, 0.25) is 11.9 Å². The summed E-state index contributed by atoms with van der Waals surface area (Å²) in [5, 5.41) is 0. The molecule has 1 aliphatic heterocycles. The summed E-state index contributed by atoms with van der Waals surface area (Å²) < 4.78 is 1.95. The van der Waals surface area contributed by atoms with E-state index >= 15 is 0 Å². The van der Waals surface area contributed by atoms with Crippen molar-refractivity contribution in [1.82, 2.24) is 29.5 Å². The Bertz CT molecular complexity index is 1130. The Hall–Kier alpha value is -3.50. The predicted molar refractivity (Wildman–Crippen MR) is 107 cm³/mol. The lowest BCUT2D eigenvalue weighted by molar-refractivity contribution is 0.414. The maximum Gasteiger partial charge on any atom is 0.278 e. The van der Waals surface area contributed by atoms with Gasteiger partial charge in [-0.3, -0.25) is 14.8 Å². The van der Waals surface area contributed by atoms with Crippen molar-refractivity contribution in [3.05, 3.63) is 22.4 Å². The maximum atomic E-state index is 12.0. The molecule has 0 aromatic carbocycles. The first-order valence-electron chi connectivity index (χ1n) is 9.04. The number of hydrogen-bond donors (Lipinski definition) is 4. The van der Waals surface area contributed by atoms with E-state index in [0.717, 1.165) is 12.8 Å². The van der Waals surface area contributed by atoms with E-state index in [0.29, 0.717) is 22.5 Å². The number of nitrogen functional groups attached to an aromatic ring is 3. The van der Waals surface area contributed by atoms with Gasteiger partial charge in [-0.25, -0.2) is 9.97 Å². The van der Waals surface area contributed by atoms with Crippen molar-refractivity contribution < 1.29 is 0 Å². The number of rotatable bonds is 5. The van der Waals surface area contributed by atoms with Crippen molar-refractivity contribution in [2.45, 2.75) is 38.6 Å². The maximum absolute atomic E-state index is 12.0. The second kappa shape index (κ2) is 6.59. The van der Waals surface area contributed by atoms with Crippen LogP contribution in [0.4, 0.5) is 23.4 Å². The average Bonchev–Trinajstić information content (AvgIpc) is 3.23. The molecule has 0 saturated heterocycles. The molecule has 1 aliphatic rings. The van der Waals surface area contributed by atoms with Crippen LogP contribution in [-0.4, -0.2) is 35.7 Å². The Morgan fingerprint density at radius 1 is 1.18 bits per heavy atom. The molecule has 146 valence electrons. The van der Waals surface area contributed by atoms with E-state index in [2.05, 4.69) is 43.8 Å². The van der Waals surface area contributed by atoms with E-state index in [-0.39, 0.29) is 41.2 Å². The number of imidazole rings is 1. The number of anilines is 3. The summed E-state index contributed by atoms with van der Waals surface area (Å²) in [6.45, 7) is 4.20. The quantitative estimate of drug-likeness (QED) is 0.506. The SMILES string of the molecule is CC(CCC(C)n1cnc2c(N)nc(N)nc21)C1C=Nc2c1nc(N)[nH]c2=O. The molecule has 0 fully saturated rings. The van der Waals surface area contributed by atoms with Gasteiger partial charge in [0.05, 0.1) is 12.0 Å². The molecular weight excluding hydrogens is 360 g/mol. The van der Waals surface area contributed by atoms with Crippen LogP contribution in [0.5, 0.6) is 0 Å². The molecule has 3 atom stereocenters. The Balaban J connectivity index is 1.50. The Kier molecular flexibility index (Phi) is 4.21. The van der Waals surface area contributed by atoms with Crippen LogP contribution in [0.3, 0.4) is 0 Å². The standard InChI is InChI=1S/C17H22N10O/c1-7(9-5-21-11-10(9)23-16(19)26-15(11)28)3-4-8(2)27-6-22-12-13(18)24-17(20)25-14(12)27/h5-9H,3-4H2,1-2H3,(H4,18,20,24,25)(H3,19,23,26,28). The van der Waals surface area contributed by atoms with Crippen molar-refractivity contribution >= 4 is 40.8 Å². The highest BCUT2D eigenvalue weighted by atomic mass is 16.1. The normalized spacial score (nSPS) is 17.7. The number of hydrogen-bond acceptors (Lipinski definition) is 9. The van der Waals surface area contributed by atoms with E-state index in [1.165, 1.54) is 0 Å². The largest absolute Gasteiger partial charge is 0.382 e. The molecule has 28 heavy (non-hydrogen) atoms. The van der Waals surface area contributed by atoms with Crippen LogP contribution in [0.1, 0.15) is 44.3 Å². The highest BCUT2D eigenvalue weighted by Gasteiger charge is 2.29.